The Bertz CT molecular complexity index is 583. The molecule has 1 atom stereocenters. The molecule has 0 bridgehead atoms. The van der Waals surface area contributed by atoms with E-state index in [1.165, 1.54) is 0 Å². The van der Waals surface area contributed by atoms with Gasteiger partial charge in [-0.2, -0.15) is 0 Å². The van der Waals surface area contributed by atoms with Crippen molar-refractivity contribution in [1.82, 2.24) is 4.98 Å². The van der Waals surface area contributed by atoms with Gasteiger partial charge in [-0.3, -0.25) is 4.98 Å². The molecule has 0 radical (unpaired) electrons. The van der Waals surface area contributed by atoms with Crippen molar-refractivity contribution < 1.29 is 5.11 Å². The normalized spacial score (nSPS) is 18.7. The number of aliphatic imine (C=N–C) groups is 1. The average molecular weight is 256 g/mol. The number of thioether (sulfide) groups is 1. The summed E-state index contributed by atoms with van der Waals surface area (Å²) in [5, 5.41) is 10.2. The highest BCUT2D eigenvalue weighted by Gasteiger charge is 2.18. The van der Waals surface area contributed by atoms with E-state index in [9.17, 15) is 5.11 Å². The standard InChI is InChI=1S/C14H12N2OS/c17-13-9-18-14(16-13)12-8-11(6-7-15-12)10-4-2-1-3-5-10/h1-8,13,17H,9H2. The van der Waals surface area contributed by atoms with E-state index in [0.29, 0.717) is 5.75 Å². The molecule has 4 heteroatoms. The highest BCUT2D eigenvalue weighted by atomic mass is 32.2. The summed E-state index contributed by atoms with van der Waals surface area (Å²) >= 11 is 1.54. The van der Waals surface area contributed by atoms with Crippen LogP contribution in [-0.4, -0.2) is 27.1 Å². The van der Waals surface area contributed by atoms with Gasteiger partial charge in [-0.05, 0) is 23.3 Å². The van der Waals surface area contributed by atoms with E-state index in [-0.39, 0.29) is 0 Å². The quantitative estimate of drug-likeness (QED) is 0.898. The molecule has 1 aromatic heterocycles. The Labute approximate surface area is 110 Å². The Morgan fingerprint density at radius 1 is 1.11 bits per heavy atom. The van der Waals surface area contributed by atoms with E-state index in [4.69, 9.17) is 0 Å². The predicted octanol–water partition coefficient (Wildman–Crippen LogP) is 2.56. The second-order valence-corrected chi connectivity index (χ2v) is 5.03. The molecule has 1 aromatic carbocycles. The van der Waals surface area contributed by atoms with Gasteiger partial charge >= 0.3 is 0 Å². The summed E-state index contributed by atoms with van der Waals surface area (Å²) in [6.07, 6.45) is 1.19. The second kappa shape index (κ2) is 4.92. The van der Waals surface area contributed by atoms with Crippen LogP contribution in [0.2, 0.25) is 0 Å². The lowest BCUT2D eigenvalue weighted by Crippen LogP contribution is -1.99. The summed E-state index contributed by atoms with van der Waals surface area (Å²) in [6.45, 7) is 0. The van der Waals surface area contributed by atoms with Crippen LogP contribution in [0.3, 0.4) is 0 Å². The fraction of sp³-hybridized carbons (Fsp3) is 0.143. The summed E-state index contributed by atoms with van der Waals surface area (Å²) in [5.74, 6) is 0.618. The Hall–Kier alpha value is -1.65. The molecular formula is C14H12N2OS. The molecule has 0 saturated heterocycles. The molecule has 90 valence electrons. The van der Waals surface area contributed by atoms with Gasteiger partial charge in [-0.15, -0.1) is 0 Å². The molecule has 1 aliphatic heterocycles. The molecule has 1 aliphatic rings. The molecular weight excluding hydrogens is 244 g/mol. The van der Waals surface area contributed by atoms with Crippen LogP contribution in [0.15, 0.2) is 53.7 Å². The SMILES string of the molecule is OC1CSC(c2cc(-c3ccccc3)ccn2)=N1. The van der Waals surface area contributed by atoms with Crippen molar-refractivity contribution in [1.29, 1.82) is 0 Å². The zero-order valence-electron chi connectivity index (χ0n) is 9.65. The van der Waals surface area contributed by atoms with Crippen molar-refractivity contribution in [3.63, 3.8) is 0 Å². The minimum atomic E-state index is -0.591. The van der Waals surface area contributed by atoms with Crippen LogP contribution in [0, 0.1) is 0 Å². The number of aromatic nitrogens is 1. The summed E-state index contributed by atoms with van der Waals surface area (Å²) in [6, 6.07) is 14.2. The minimum absolute atomic E-state index is 0.591. The van der Waals surface area contributed by atoms with Crippen molar-refractivity contribution in [2.24, 2.45) is 4.99 Å². The monoisotopic (exact) mass is 256 g/mol. The van der Waals surface area contributed by atoms with Crippen LogP contribution in [0.5, 0.6) is 0 Å². The lowest BCUT2D eigenvalue weighted by atomic mass is 10.1. The molecule has 0 saturated carbocycles. The minimum Gasteiger partial charge on any atom is -0.371 e. The first-order chi connectivity index (χ1) is 8.83. The third-order valence-electron chi connectivity index (χ3n) is 2.72. The molecule has 2 heterocycles. The van der Waals surface area contributed by atoms with Gasteiger partial charge in [0.15, 0.2) is 6.23 Å². The lowest BCUT2D eigenvalue weighted by molar-refractivity contribution is 0.213. The number of hydrogen-bond acceptors (Lipinski definition) is 4. The predicted molar refractivity (Wildman–Crippen MR) is 74.7 cm³/mol. The summed E-state index contributed by atoms with van der Waals surface area (Å²) < 4.78 is 0. The fourth-order valence-electron chi connectivity index (χ4n) is 1.86. The number of hydrogen-bond donors (Lipinski definition) is 1. The van der Waals surface area contributed by atoms with Gasteiger partial charge in [-0.1, -0.05) is 42.1 Å². The highest BCUT2D eigenvalue weighted by molar-refractivity contribution is 8.14. The van der Waals surface area contributed by atoms with E-state index in [2.05, 4.69) is 22.1 Å². The van der Waals surface area contributed by atoms with Crippen LogP contribution in [0.1, 0.15) is 5.69 Å². The van der Waals surface area contributed by atoms with Gasteiger partial charge in [0.05, 0.1) is 5.69 Å². The maximum Gasteiger partial charge on any atom is 0.155 e. The number of pyridine rings is 1. The van der Waals surface area contributed by atoms with Gasteiger partial charge in [-0.25, -0.2) is 4.99 Å². The first-order valence-corrected chi connectivity index (χ1v) is 6.72. The molecule has 1 unspecified atom stereocenters. The van der Waals surface area contributed by atoms with Crippen molar-refractivity contribution in [3.05, 3.63) is 54.4 Å². The molecule has 0 amide bonds. The van der Waals surface area contributed by atoms with Crippen molar-refractivity contribution in [2.45, 2.75) is 6.23 Å². The zero-order chi connectivity index (χ0) is 12.4. The number of rotatable bonds is 2. The fourth-order valence-corrected chi connectivity index (χ4v) is 2.70. The average Bonchev–Trinajstić information content (AvgIpc) is 2.87. The van der Waals surface area contributed by atoms with Gasteiger partial charge in [0, 0.05) is 11.9 Å². The van der Waals surface area contributed by atoms with Crippen LogP contribution in [-0.2, 0) is 0 Å². The van der Waals surface area contributed by atoms with E-state index in [1.807, 2.05) is 30.3 Å². The maximum absolute atomic E-state index is 9.41. The van der Waals surface area contributed by atoms with Gasteiger partial charge in [0.2, 0.25) is 0 Å². The van der Waals surface area contributed by atoms with E-state index in [1.54, 1.807) is 18.0 Å². The first kappa shape index (κ1) is 11.4. The van der Waals surface area contributed by atoms with Crippen molar-refractivity contribution in [3.8, 4) is 11.1 Å². The first-order valence-electron chi connectivity index (χ1n) is 5.73. The third-order valence-corrected chi connectivity index (χ3v) is 3.77. The van der Waals surface area contributed by atoms with Crippen LogP contribution >= 0.6 is 11.8 Å². The van der Waals surface area contributed by atoms with E-state index < -0.39 is 6.23 Å². The van der Waals surface area contributed by atoms with Crippen LogP contribution in [0.25, 0.3) is 11.1 Å². The summed E-state index contributed by atoms with van der Waals surface area (Å²) in [4.78, 5) is 8.48. The number of aliphatic hydroxyl groups excluding tert-OH is 1. The molecule has 0 spiro atoms. The van der Waals surface area contributed by atoms with Gasteiger partial charge in [0.1, 0.15) is 5.04 Å². The molecule has 0 fully saturated rings. The Balaban J connectivity index is 1.97. The Morgan fingerprint density at radius 3 is 2.67 bits per heavy atom. The van der Waals surface area contributed by atoms with E-state index >= 15 is 0 Å². The number of benzene rings is 1. The summed E-state index contributed by atoms with van der Waals surface area (Å²) in [7, 11) is 0. The van der Waals surface area contributed by atoms with Gasteiger partial charge in [0.25, 0.3) is 0 Å². The van der Waals surface area contributed by atoms with Crippen LogP contribution < -0.4 is 0 Å². The van der Waals surface area contributed by atoms with Gasteiger partial charge < -0.3 is 5.11 Å². The zero-order valence-corrected chi connectivity index (χ0v) is 10.5. The lowest BCUT2D eigenvalue weighted by Gasteiger charge is -2.04. The largest absolute Gasteiger partial charge is 0.371 e. The third kappa shape index (κ3) is 2.30. The molecule has 2 aromatic rings. The smallest absolute Gasteiger partial charge is 0.155 e. The van der Waals surface area contributed by atoms with Crippen LogP contribution in [0.4, 0.5) is 0 Å². The highest BCUT2D eigenvalue weighted by Crippen LogP contribution is 2.24. The van der Waals surface area contributed by atoms with Crippen molar-refractivity contribution >= 4 is 16.8 Å². The Kier molecular flexibility index (Phi) is 3.13. The molecule has 3 rings (SSSR count). The molecule has 0 aliphatic carbocycles. The maximum atomic E-state index is 9.41. The Morgan fingerprint density at radius 2 is 1.94 bits per heavy atom. The summed E-state index contributed by atoms with van der Waals surface area (Å²) in [5.41, 5.74) is 3.11. The molecule has 1 N–H and O–H groups in total. The molecule has 3 nitrogen and oxygen atoms in total. The number of nitrogens with zero attached hydrogens (tertiary/aromatic N) is 2. The van der Waals surface area contributed by atoms with Crippen molar-refractivity contribution in [2.75, 3.05) is 5.75 Å². The van der Waals surface area contributed by atoms with E-state index in [0.717, 1.165) is 21.9 Å². The number of aliphatic hydroxyl groups is 1. The second-order valence-electron chi connectivity index (χ2n) is 4.02. The topological polar surface area (TPSA) is 45.5 Å². The molecule has 18 heavy (non-hydrogen) atoms.